The van der Waals surface area contributed by atoms with Crippen molar-refractivity contribution in [1.82, 2.24) is 0 Å². The summed E-state index contributed by atoms with van der Waals surface area (Å²) in [5, 5.41) is 4.40. The number of carbonyl (C=O) groups excluding carboxylic acids is 1. The number of rotatable bonds is 6. The van der Waals surface area contributed by atoms with Gasteiger partial charge in [0.05, 0.1) is 0 Å². The van der Waals surface area contributed by atoms with Crippen LogP contribution in [-0.4, -0.2) is 27.6 Å². The first kappa shape index (κ1) is 17.0. The lowest BCUT2D eigenvalue weighted by Gasteiger charge is -2.08. The van der Waals surface area contributed by atoms with Gasteiger partial charge < -0.3 is 13.9 Å². The second-order valence-electron chi connectivity index (χ2n) is 4.97. The second kappa shape index (κ2) is 6.84. The summed E-state index contributed by atoms with van der Waals surface area (Å²) in [7, 11) is -3.98. The number of esters is 1. The highest BCUT2D eigenvalue weighted by molar-refractivity contribution is 7.89. The number of sulfonamides is 1. The molecular weight excluding hydrogens is 322 g/mol. The average molecular weight is 339 g/mol. The van der Waals surface area contributed by atoms with E-state index in [9.17, 15) is 13.2 Å². The van der Waals surface area contributed by atoms with Gasteiger partial charge in [-0.1, -0.05) is 6.07 Å². The fourth-order valence-corrected chi connectivity index (χ4v) is 2.43. The smallest absolute Gasteiger partial charge is 0.374 e. The van der Waals surface area contributed by atoms with Gasteiger partial charge in [0.15, 0.2) is 0 Å². The van der Waals surface area contributed by atoms with Crippen LogP contribution >= 0.6 is 0 Å². The highest BCUT2D eigenvalue weighted by atomic mass is 32.2. The number of hydrogen-bond donors (Lipinski definition) is 1. The summed E-state index contributed by atoms with van der Waals surface area (Å²) < 4.78 is 37.4. The third-order valence-corrected chi connectivity index (χ3v) is 3.62. The molecule has 8 heteroatoms. The number of furan rings is 1. The molecule has 7 nitrogen and oxygen atoms in total. The summed E-state index contributed by atoms with van der Waals surface area (Å²) >= 11 is 0. The van der Waals surface area contributed by atoms with E-state index in [1.807, 2.05) is 32.0 Å². The Kier molecular flexibility index (Phi) is 5.07. The number of nitrogens with two attached hydrogens (primary N) is 1. The maximum absolute atomic E-state index is 11.7. The molecule has 0 radical (unpaired) electrons. The van der Waals surface area contributed by atoms with Crippen LogP contribution in [-0.2, 0) is 14.8 Å². The highest BCUT2D eigenvalue weighted by Gasteiger charge is 2.18. The topological polar surface area (TPSA) is 109 Å². The molecule has 0 unspecified atom stereocenters. The van der Waals surface area contributed by atoms with E-state index in [0.29, 0.717) is 5.75 Å². The van der Waals surface area contributed by atoms with Crippen molar-refractivity contribution < 1.29 is 27.1 Å². The molecule has 23 heavy (non-hydrogen) atoms. The van der Waals surface area contributed by atoms with Crippen LogP contribution < -0.4 is 9.88 Å². The van der Waals surface area contributed by atoms with E-state index < -0.39 is 21.1 Å². The largest absolute Gasteiger partial charge is 0.490 e. The van der Waals surface area contributed by atoms with Gasteiger partial charge in [-0.2, -0.15) is 0 Å². The number of aryl methyl sites for hydroxylation is 2. The molecule has 0 spiro atoms. The van der Waals surface area contributed by atoms with Gasteiger partial charge in [-0.3, -0.25) is 0 Å². The lowest BCUT2D eigenvalue weighted by atomic mass is 10.1. The first-order chi connectivity index (χ1) is 10.8. The van der Waals surface area contributed by atoms with E-state index in [0.717, 1.165) is 17.2 Å². The van der Waals surface area contributed by atoms with E-state index in [4.69, 9.17) is 19.0 Å². The molecule has 0 bridgehead atoms. The molecule has 0 fully saturated rings. The van der Waals surface area contributed by atoms with E-state index >= 15 is 0 Å². The molecule has 1 aromatic heterocycles. The molecule has 2 N–H and O–H groups in total. The molecule has 0 aliphatic rings. The number of carbonyl (C=O) groups is 1. The monoisotopic (exact) mass is 339 g/mol. The zero-order valence-electron chi connectivity index (χ0n) is 12.7. The molecule has 0 aliphatic heterocycles. The number of benzene rings is 1. The predicted molar refractivity (Wildman–Crippen MR) is 81.8 cm³/mol. The van der Waals surface area contributed by atoms with Crippen molar-refractivity contribution in [3.8, 4) is 5.75 Å². The van der Waals surface area contributed by atoms with Crippen LogP contribution in [0.2, 0.25) is 0 Å². The van der Waals surface area contributed by atoms with Crippen LogP contribution in [0.5, 0.6) is 5.75 Å². The lowest BCUT2D eigenvalue weighted by Crippen LogP contribution is -2.13. The summed E-state index contributed by atoms with van der Waals surface area (Å²) in [6.07, 6.45) is 0. The van der Waals surface area contributed by atoms with E-state index in [1.165, 1.54) is 6.07 Å². The molecule has 0 aliphatic carbocycles. The van der Waals surface area contributed by atoms with Crippen molar-refractivity contribution in [2.24, 2.45) is 5.14 Å². The molecule has 124 valence electrons. The summed E-state index contributed by atoms with van der Waals surface area (Å²) in [6.45, 7) is 4.08. The minimum atomic E-state index is -3.98. The van der Waals surface area contributed by atoms with Gasteiger partial charge in [-0.15, -0.1) is 0 Å². The van der Waals surface area contributed by atoms with E-state index in [2.05, 4.69) is 0 Å². The maximum atomic E-state index is 11.7. The Morgan fingerprint density at radius 2 is 1.78 bits per heavy atom. The Morgan fingerprint density at radius 3 is 2.35 bits per heavy atom. The van der Waals surface area contributed by atoms with Gasteiger partial charge in [-0.05, 0) is 49.2 Å². The van der Waals surface area contributed by atoms with Gasteiger partial charge in [0.2, 0.25) is 10.9 Å². The minimum absolute atomic E-state index is 0.00275. The maximum Gasteiger partial charge on any atom is 0.374 e. The first-order valence-corrected chi connectivity index (χ1v) is 8.31. The Labute approximate surface area is 134 Å². The van der Waals surface area contributed by atoms with Crippen molar-refractivity contribution in [1.29, 1.82) is 0 Å². The van der Waals surface area contributed by atoms with E-state index in [-0.39, 0.29) is 19.0 Å². The van der Waals surface area contributed by atoms with Gasteiger partial charge in [0.1, 0.15) is 19.0 Å². The molecule has 0 atom stereocenters. The Hall–Kier alpha value is -2.32. The fourth-order valence-electron chi connectivity index (χ4n) is 1.96. The first-order valence-electron chi connectivity index (χ1n) is 6.76. The van der Waals surface area contributed by atoms with Gasteiger partial charge in [-0.25, -0.2) is 18.4 Å². The third-order valence-electron chi connectivity index (χ3n) is 2.84. The van der Waals surface area contributed by atoms with Crippen LogP contribution in [0, 0.1) is 13.8 Å². The normalized spacial score (nSPS) is 11.3. The summed E-state index contributed by atoms with van der Waals surface area (Å²) in [5.74, 6) is -0.336. The van der Waals surface area contributed by atoms with Crippen molar-refractivity contribution in [3.05, 3.63) is 47.2 Å². The Balaban J connectivity index is 1.84. The number of primary sulfonamides is 1. The molecule has 2 aromatic rings. The summed E-state index contributed by atoms with van der Waals surface area (Å²) in [5.41, 5.74) is 2.14. The van der Waals surface area contributed by atoms with Crippen molar-refractivity contribution >= 4 is 16.0 Å². The average Bonchev–Trinajstić information content (AvgIpc) is 2.92. The highest BCUT2D eigenvalue weighted by Crippen LogP contribution is 2.16. The number of hydrogen-bond acceptors (Lipinski definition) is 6. The standard InChI is InChI=1S/C15H17NO6S/c1-10-7-11(2)9-12(8-10)20-5-6-21-15(17)13-3-4-14(22-13)23(16,18)19/h3-4,7-9H,5-6H2,1-2H3,(H2,16,18,19). The van der Waals surface area contributed by atoms with Crippen molar-refractivity contribution in [2.75, 3.05) is 13.2 Å². The van der Waals surface area contributed by atoms with Gasteiger partial charge >= 0.3 is 5.97 Å². The van der Waals surface area contributed by atoms with E-state index in [1.54, 1.807) is 0 Å². The lowest BCUT2D eigenvalue weighted by molar-refractivity contribution is 0.0409. The van der Waals surface area contributed by atoms with Gasteiger partial charge in [0, 0.05) is 0 Å². The Bertz CT molecular complexity index is 789. The van der Waals surface area contributed by atoms with Crippen LogP contribution in [0.15, 0.2) is 39.8 Å². The van der Waals surface area contributed by atoms with Crippen LogP contribution in [0.3, 0.4) is 0 Å². The zero-order chi connectivity index (χ0) is 17.0. The van der Waals surface area contributed by atoms with Crippen LogP contribution in [0.4, 0.5) is 0 Å². The summed E-state index contributed by atoms with van der Waals surface area (Å²) in [4.78, 5) is 11.7. The quantitative estimate of drug-likeness (QED) is 0.635. The second-order valence-corrected chi connectivity index (χ2v) is 6.46. The molecule has 1 aromatic carbocycles. The zero-order valence-corrected chi connectivity index (χ0v) is 13.6. The summed E-state index contributed by atoms with van der Waals surface area (Å²) in [6, 6.07) is 8.05. The molecule has 0 saturated carbocycles. The molecule has 1 heterocycles. The SMILES string of the molecule is Cc1cc(C)cc(OCCOC(=O)c2ccc(S(N)(=O)=O)o2)c1. The van der Waals surface area contributed by atoms with Crippen molar-refractivity contribution in [2.45, 2.75) is 18.9 Å². The van der Waals surface area contributed by atoms with Gasteiger partial charge in [0.25, 0.3) is 10.0 Å². The Morgan fingerprint density at radius 1 is 1.13 bits per heavy atom. The molecule has 2 rings (SSSR count). The molecular formula is C15H17NO6S. The minimum Gasteiger partial charge on any atom is -0.490 e. The number of ether oxygens (including phenoxy) is 2. The van der Waals surface area contributed by atoms with Crippen molar-refractivity contribution in [3.63, 3.8) is 0 Å². The predicted octanol–water partition coefficient (Wildman–Crippen LogP) is 1.78. The van der Waals surface area contributed by atoms with Crippen LogP contribution in [0.1, 0.15) is 21.7 Å². The third kappa shape index (κ3) is 4.83. The molecule has 0 amide bonds. The fraction of sp³-hybridized carbons (Fsp3) is 0.267. The van der Waals surface area contributed by atoms with Crippen LogP contribution in [0.25, 0.3) is 0 Å². The molecule has 0 saturated heterocycles.